The Kier molecular flexibility index (Phi) is 3.79. The Morgan fingerprint density at radius 2 is 2.44 bits per heavy atom. The van der Waals surface area contributed by atoms with Crippen molar-refractivity contribution in [1.82, 2.24) is 0 Å². The Balaban J connectivity index is 3.71. The van der Waals surface area contributed by atoms with E-state index in [1.165, 1.54) is 6.92 Å². The zero-order chi connectivity index (χ0) is 7.28. The summed E-state index contributed by atoms with van der Waals surface area (Å²) in [4.78, 5) is 10.1. The van der Waals surface area contributed by atoms with E-state index < -0.39 is 5.97 Å². The minimum absolute atomic E-state index is 0.115. The van der Waals surface area contributed by atoms with E-state index in [1.807, 2.05) is 0 Å². The maximum absolute atomic E-state index is 10.1. The second-order valence-electron chi connectivity index (χ2n) is 1.22. The fourth-order valence-corrected chi connectivity index (χ4v) is 0.348. The molecule has 0 unspecified atom stereocenters. The molecular formula is C4H6ClNO3. The molecule has 0 saturated carbocycles. The average molecular weight is 152 g/mol. The largest absolute Gasteiger partial charge is 0.408 e. The van der Waals surface area contributed by atoms with Gasteiger partial charge in [-0.05, 0) is 0 Å². The molecule has 0 aliphatic carbocycles. The number of oxime groups is 1. The maximum atomic E-state index is 10.1. The average Bonchev–Trinajstić information content (AvgIpc) is 1.82. The van der Waals surface area contributed by atoms with Gasteiger partial charge in [0.25, 0.3) is 0 Å². The maximum Gasteiger partial charge on any atom is 0.309 e. The number of ether oxygens (including phenoxy) is 1. The summed E-state index contributed by atoms with van der Waals surface area (Å²) in [6.45, 7) is 1.19. The predicted octanol–water partition coefficient (Wildman–Crippen LogP) is 0.576. The second-order valence-corrected chi connectivity index (χ2v) is 1.49. The molecule has 0 rings (SSSR count). The first kappa shape index (κ1) is 8.23. The van der Waals surface area contributed by atoms with Gasteiger partial charge in [-0.15, -0.1) is 11.6 Å². The van der Waals surface area contributed by atoms with Gasteiger partial charge < -0.3 is 9.94 Å². The third-order valence-corrected chi connectivity index (χ3v) is 0.716. The van der Waals surface area contributed by atoms with Crippen LogP contribution in [-0.4, -0.2) is 23.0 Å². The first-order chi connectivity index (χ1) is 4.20. The number of halogens is 1. The third-order valence-electron chi connectivity index (χ3n) is 0.487. The van der Waals surface area contributed by atoms with Gasteiger partial charge in [0.2, 0.25) is 5.90 Å². The van der Waals surface area contributed by atoms with Gasteiger partial charge in [-0.2, -0.15) is 0 Å². The van der Waals surface area contributed by atoms with E-state index in [0.29, 0.717) is 0 Å². The number of hydrogen-bond donors (Lipinski definition) is 1. The number of alkyl halides is 1. The Morgan fingerprint density at radius 1 is 1.89 bits per heavy atom. The monoisotopic (exact) mass is 151 g/mol. The quantitative estimate of drug-likeness (QED) is 0.149. The minimum atomic E-state index is -0.552. The molecule has 0 aromatic carbocycles. The van der Waals surface area contributed by atoms with Crippen LogP contribution in [0.15, 0.2) is 5.16 Å². The van der Waals surface area contributed by atoms with Gasteiger partial charge in [-0.1, -0.05) is 5.16 Å². The minimum Gasteiger partial charge on any atom is -0.408 e. The summed E-state index contributed by atoms with van der Waals surface area (Å²) in [5.41, 5.74) is 0. The van der Waals surface area contributed by atoms with Crippen LogP contribution in [-0.2, 0) is 9.53 Å². The lowest BCUT2D eigenvalue weighted by Gasteiger charge is -1.96. The molecule has 0 aliphatic rings. The number of esters is 1. The summed E-state index contributed by atoms with van der Waals surface area (Å²) in [6, 6.07) is 0. The zero-order valence-electron chi connectivity index (χ0n) is 4.80. The molecule has 0 heterocycles. The number of rotatable bonds is 1. The van der Waals surface area contributed by atoms with Crippen LogP contribution in [0.25, 0.3) is 0 Å². The summed E-state index contributed by atoms with van der Waals surface area (Å²) >= 11 is 5.14. The molecule has 5 heteroatoms. The Bertz CT molecular complexity index is 134. The topological polar surface area (TPSA) is 58.9 Å². The third kappa shape index (κ3) is 3.78. The molecule has 0 amide bonds. The molecule has 0 bridgehead atoms. The molecular weight excluding hydrogens is 146 g/mol. The molecule has 0 aromatic rings. The van der Waals surface area contributed by atoms with Crippen LogP contribution < -0.4 is 0 Å². The molecule has 0 radical (unpaired) electrons. The predicted molar refractivity (Wildman–Crippen MR) is 31.7 cm³/mol. The molecule has 9 heavy (non-hydrogen) atoms. The molecule has 0 aromatic heterocycles. The summed E-state index contributed by atoms with van der Waals surface area (Å²) in [5.74, 6) is -0.858. The first-order valence-corrected chi connectivity index (χ1v) is 2.69. The van der Waals surface area contributed by atoms with Gasteiger partial charge in [0, 0.05) is 6.92 Å². The van der Waals surface area contributed by atoms with Crippen molar-refractivity contribution in [2.75, 3.05) is 5.88 Å². The van der Waals surface area contributed by atoms with E-state index in [9.17, 15) is 4.79 Å². The number of nitrogens with zero attached hydrogens (tertiary/aromatic N) is 1. The smallest absolute Gasteiger partial charge is 0.309 e. The molecule has 0 fully saturated rings. The molecule has 4 nitrogen and oxygen atoms in total. The van der Waals surface area contributed by atoms with Gasteiger partial charge in [0.1, 0.15) is 5.88 Å². The van der Waals surface area contributed by atoms with Gasteiger partial charge in [0.15, 0.2) is 0 Å². The summed E-state index contributed by atoms with van der Waals surface area (Å²) < 4.78 is 4.28. The Hall–Kier alpha value is -0.770. The van der Waals surface area contributed by atoms with Crippen LogP contribution in [0.4, 0.5) is 0 Å². The van der Waals surface area contributed by atoms with Crippen LogP contribution >= 0.6 is 11.6 Å². The lowest BCUT2D eigenvalue weighted by molar-refractivity contribution is -0.133. The SMILES string of the molecule is CC(=O)OC(CCl)=NO. The van der Waals surface area contributed by atoms with Crippen molar-refractivity contribution >= 4 is 23.5 Å². The zero-order valence-corrected chi connectivity index (χ0v) is 5.55. The van der Waals surface area contributed by atoms with E-state index in [1.54, 1.807) is 0 Å². The number of hydrogen-bond acceptors (Lipinski definition) is 4. The highest BCUT2D eigenvalue weighted by molar-refractivity contribution is 6.27. The highest BCUT2D eigenvalue weighted by atomic mass is 35.5. The molecule has 0 saturated heterocycles. The van der Waals surface area contributed by atoms with Crippen LogP contribution in [0.5, 0.6) is 0 Å². The van der Waals surface area contributed by atoms with Crippen molar-refractivity contribution in [3.63, 3.8) is 0 Å². The first-order valence-electron chi connectivity index (χ1n) is 2.16. The molecule has 52 valence electrons. The van der Waals surface area contributed by atoms with Gasteiger partial charge in [-0.25, -0.2) is 0 Å². The van der Waals surface area contributed by atoms with E-state index in [4.69, 9.17) is 16.8 Å². The van der Waals surface area contributed by atoms with E-state index in [0.717, 1.165) is 0 Å². The van der Waals surface area contributed by atoms with Crippen LogP contribution in [0.3, 0.4) is 0 Å². The number of carbonyl (C=O) groups is 1. The summed E-state index contributed by atoms with van der Waals surface area (Å²) in [5, 5.41) is 10.6. The van der Waals surface area contributed by atoms with Gasteiger partial charge >= 0.3 is 5.97 Å². The number of carbonyl (C=O) groups excluding carboxylic acids is 1. The highest BCUT2D eigenvalue weighted by Gasteiger charge is 2.00. The van der Waals surface area contributed by atoms with Crippen LogP contribution in [0, 0.1) is 0 Å². The molecule has 0 spiro atoms. The molecule has 0 aliphatic heterocycles. The fraction of sp³-hybridized carbons (Fsp3) is 0.500. The van der Waals surface area contributed by atoms with Crippen LogP contribution in [0.1, 0.15) is 6.92 Å². The van der Waals surface area contributed by atoms with Gasteiger partial charge in [0.05, 0.1) is 0 Å². The second kappa shape index (κ2) is 4.14. The van der Waals surface area contributed by atoms with Crippen molar-refractivity contribution in [3.8, 4) is 0 Å². The standard InChI is InChI=1S/C4H6ClNO3/c1-3(7)9-4(2-5)6-8/h8H,2H2,1H3. The van der Waals surface area contributed by atoms with Crippen molar-refractivity contribution in [2.45, 2.75) is 6.92 Å². The van der Waals surface area contributed by atoms with E-state index >= 15 is 0 Å². The normalized spacial score (nSPS) is 11.1. The Morgan fingerprint density at radius 3 is 2.56 bits per heavy atom. The van der Waals surface area contributed by atoms with E-state index in [2.05, 4.69) is 9.89 Å². The summed E-state index contributed by atoms with van der Waals surface area (Å²) in [7, 11) is 0. The highest BCUT2D eigenvalue weighted by Crippen LogP contribution is 1.86. The van der Waals surface area contributed by atoms with E-state index in [-0.39, 0.29) is 11.8 Å². The van der Waals surface area contributed by atoms with Crippen LogP contribution in [0.2, 0.25) is 0 Å². The van der Waals surface area contributed by atoms with Crippen molar-refractivity contribution < 1.29 is 14.7 Å². The lowest BCUT2D eigenvalue weighted by Crippen LogP contribution is -2.10. The summed E-state index contributed by atoms with van der Waals surface area (Å²) in [6.07, 6.45) is 0. The fourth-order valence-electron chi connectivity index (χ4n) is 0.240. The van der Waals surface area contributed by atoms with Crippen molar-refractivity contribution in [3.05, 3.63) is 0 Å². The Labute approximate surface area is 57.1 Å². The van der Waals surface area contributed by atoms with Crippen molar-refractivity contribution in [2.24, 2.45) is 5.16 Å². The van der Waals surface area contributed by atoms with Gasteiger partial charge in [-0.3, -0.25) is 4.79 Å². The van der Waals surface area contributed by atoms with Crippen molar-refractivity contribution in [1.29, 1.82) is 0 Å². The lowest BCUT2D eigenvalue weighted by atomic mass is 10.7. The molecule has 0 atom stereocenters. The molecule has 1 N–H and O–H groups in total.